The van der Waals surface area contributed by atoms with Gasteiger partial charge in [0.1, 0.15) is 0 Å². The summed E-state index contributed by atoms with van der Waals surface area (Å²) in [7, 11) is 1.91. The Balaban J connectivity index is 1.58. The molecule has 132 valence electrons. The van der Waals surface area contributed by atoms with Crippen molar-refractivity contribution in [2.24, 2.45) is 13.0 Å². The smallest absolute Gasteiger partial charge is 0.228 e. The number of aromatic nitrogens is 2. The Labute approximate surface area is 153 Å². The van der Waals surface area contributed by atoms with Crippen LogP contribution in [-0.4, -0.2) is 40.2 Å². The van der Waals surface area contributed by atoms with Gasteiger partial charge in [-0.3, -0.25) is 9.48 Å². The van der Waals surface area contributed by atoms with E-state index < -0.39 is 0 Å². The van der Waals surface area contributed by atoms with E-state index in [0.717, 1.165) is 48.6 Å². The Kier molecular flexibility index (Phi) is 4.52. The van der Waals surface area contributed by atoms with Crippen LogP contribution in [0.25, 0.3) is 0 Å². The second-order valence-corrected chi connectivity index (χ2v) is 7.44. The van der Waals surface area contributed by atoms with Crippen LogP contribution in [0.15, 0.2) is 36.7 Å². The van der Waals surface area contributed by atoms with Crippen molar-refractivity contribution < 1.29 is 4.79 Å². The van der Waals surface area contributed by atoms with E-state index in [9.17, 15) is 4.79 Å². The average Bonchev–Trinajstić information content (AvgIpc) is 3.34. The summed E-state index contributed by atoms with van der Waals surface area (Å²) in [6, 6.07) is 7.98. The molecule has 1 aromatic heterocycles. The van der Waals surface area contributed by atoms with Crippen LogP contribution in [0.1, 0.15) is 35.9 Å². The lowest BCUT2D eigenvalue weighted by Crippen LogP contribution is -2.38. The molecule has 0 saturated carbocycles. The maximum Gasteiger partial charge on any atom is 0.228 e. The first-order valence-electron chi connectivity index (χ1n) is 8.89. The topological polar surface area (TPSA) is 50.2 Å². The normalized spacial score (nSPS) is 26.3. The molecule has 2 aromatic rings. The van der Waals surface area contributed by atoms with E-state index in [2.05, 4.69) is 10.4 Å². The monoisotopic (exact) mass is 358 g/mol. The molecule has 25 heavy (non-hydrogen) atoms. The molecule has 0 radical (unpaired) electrons. The quantitative estimate of drug-likeness (QED) is 0.917. The number of likely N-dealkylation sites (tertiary alicyclic amines) is 1. The number of benzene rings is 1. The highest BCUT2D eigenvalue weighted by molar-refractivity contribution is 6.31. The zero-order valence-electron chi connectivity index (χ0n) is 14.4. The van der Waals surface area contributed by atoms with Gasteiger partial charge in [-0.25, -0.2) is 0 Å². The summed E-state index contributed by atoms with van der Waals surface area (Å²) < 4.78 is 1.80. The van der Waals surface area contributed by atoms with E-state index >= 15 is 0 Å². The highest BCUT2D eigenvalue weighted by atomic mass is 35.5. The van der Waals surface area contributed by atoms with Gasteiger partial charge in [-0.1, -0.05) is 29.8 Å². The van der Waals surface area contributed by atoms with E-state index in [4.69, 9.17) is 11.6 Å². The first kappa shape index (κ1) is 16.6. The zero-order chi connectivity index (χ0) is 17.4. The lowest BCUT2D eigenvalue weighted by molar-refractivity contribution is -0.136. The van der Waals surface area contributed by atoms with Crippen molar-refractivity contribution in [3.8, 4) is 0 Å². The lowest BCUT2D eigenvalue weighted by Gasteiger charge is -2.30. The molecule has 2 saturated heterocycles. The number of hydrogen-bond acceptors (Lipinski definition) is 3. The number of hydrogen-bond donors (Lipinski definition) is 1. The number of nitrogens with zero attached hydrogens (tertiary/aromatic N) is 3. The molecule has 1 N–H and O–H groups in total. The molecule has 3 atom stereocenters. The second kappa shape index (κ2) is 6.81. The van der Waals surface area contributed by atoms with Crippen LogP contribution in [0.5, 0.6) is 0 Å². The van der Waals surface area contributed by atoms with E-state index in [1.54, 1.807) is 4.68 Å². The predicted molar refractivity (Wildman–Crippen MR) is 97.4 cm³/mol. The summed E-state index contributed by atoms with van der Waals surface area (Å²) in [4.78, 5) is 15.4. The first-order valence-corrected chi connectivity index (χ1v) is 9.27. The molecular weight excluding hydrogens is 336 g/mol. The Bertz CT molecular complexity index is 774. The third-order valence-corrected chi connectivity index (χ3v) is 5.83. The second-order valence-electron chi connectivity index (χ2n) is 7.03. The molecule has 2 fully saturated rings. The summed E-state index contributed by atoms with van der Waals surface area (Å²) in [5.41, 5.74) is 2.21. The van der Waals surface area contributed by atoms with Gasteiger partial charge in [0.15, 0.2) is 0 Å². The fourth-order valence-corrected chi connectivity index (χ4v) is 4.49. The van der Waals surface area contributed by atoms with Gasteiger partial charge in [0, 0.05) is 43.8 Å². The van der Waals surface area contributed by atoms with Gasteiger partial charge in [-0.2, -0.15) is 5.10 Å². The van der Waals surface area contributed by atoms with Crippen LogP contribution in [-0.2, 0) is 11.8 Å². The van der Waals surface area contributed by atoms with Crippen LogP contribution in [0.4, 0.5) is 0 Å². The molecule has 2 aliphatic rings. The SMILES string of the molecule is Cn1cc([C@H]2CNC[C@@H]2C(=O)N2CCCC2c2ccccc2Cl)cn1. The largest absolute Gasteiger partial charge is 0.335 e. The van der Waals surface area contributed by atoms with E-state index in [1.807, 2.05) is 48.6 Å². The number of carbonyl (C=O) groups excluding carboxylic acids is 1. The number of rotatable bonds is 3. The van der Waals surface area contributed by atoms with Crippen LogP contribution in [0.2, 0.25) is 5.02 Å². The van der Waals surface area contributed by atoms with Gasteiger partial charge in [0.2, 0.25) is 5.91 Å². The van der Waals surface area contributed by atoms with Crippen LogP contribution < -0.4 is 5.32 Å². The van der Waals surface area contributed by atoms with Crippen molar-refractivity contribution >= 4 is 17.5 Å². The van der Waals surface area contributed by atoms with Gasteiger partial charge < -0.3 is 10.2 Å². The van der Waals surface area contributed by atoms with Crippen LogP contribution in [0.3, 0.4) is 0 Å². The van der Waals surface area contributed by atoms with E-state index in [-0.39, 0.29) is 23.8 Å². The van der Waals surface area contributed by atoms with Gasteiger partial charge in [0.25, 0.3) is 0 Å². The Hall–Kier alpha value is -1.85. The molecular formula is C19H23ClN4O. The molecule has 4 rings (SSSR count). The summed E-state index contributed by atoms with van der Waals surface area (Å²) in [6.07, 6.45) is 5.91. The Morgan fingerprint density at radius 1 is 1.32 bits per heavy atom. The third kappa shape index (κ3) is 3.07. The maximum atomic E-state index is 13.3. The van der Waals surface area contributed by atoms with Gasteiger partial charge in [-0.15, -0.1) is 0 Å². The molecule has 1 unspecified atom stereocenters. The molecule has 2 aliphatic heterocycles. The summed E-state index contributed by atoms with van der Waals surface area (Å²) in [5, 5.41) is 8.41. The molecule has 0 bridgehead atoms. The van der Waals surface area contributed by atoms with Crippen molar-refractivity contribution in [1.29, 1.82) is 0 Å². The lowest BCUT2D eigenvalue weighted by atomic mass is 9.89. The highest BCUT2D eigenvalue weighted by Crippen LogP contribution is 2.39. The maximum absolute atomic E-state index is 13.3. The van der Waals surface area contributed by atoms with Gasteiger partial charge in [0.05, 0.1) is 18.2 Å². The van der Waals surface area contributed by atoms with Gasteiger partial charge in [-0.05, 0) is 30.0 Å². The van der Waals surface area contributed by atoms with Crippen molar-refractivity contribution in [1.82, 2.24) is 20.0 Å². The van der Waals surface area contributed by atoms with Crippen LogP contribution in [0, 0.1) is 5.92 Å². The fraction of sp³-hybridized carbons (Fsp3) is 0.474. The predicted octanol–water partition coefficient (Wildman–Crippen LogP) is 2.74. The highest BCUT2D eigenvalue weighted by Gasteiger charge is 2.41. The van der Waals surface area contributed by atoms with E-state index in [1.165, 1.54) is 0 Å². The van der Waals surface area contributed by atoms with Crippen LogP contribution >= 0.6 is 11.6 Å². The van der Waals surface area contributed by atoms with Crippen molar-refractivity contribution in [2.75, 3.05) is 19.6 Å². The van der Waals surface area contributed by atoms with Crippen molar-refractivity contribution in [3.63, 3.8) is 0 Å². The minimum absolute atomic E-state index is 0.0349. The number of halogens is 1. The van der Waals surface area contributed by atoms with E-state index in [0.29, 0.717) is 0 Å². The third-order valence-electron chi connectivity index (χ3n) is 5.48. The van der Waals surface area contributed by atoms with Crippen molar-refractivity contribution in [3.05, 3.63) is 52.8 Å². The molecule has 1 amide bonds. The summed E-state index contributed by atoms with van der Waals surface area (Å²) in [5.74, 6) is 0.391. The fourth-order valence-electron chi connectivity index (χ4n) is 4.23. The molecule has 1 aromatic carbocycles. The molecule has 0 spiro atoms. The van der Waals surface area contributed by atoms with Crippen molar-refractivity contribution in [2.45, 2.75) is 24.8 Å². The zero-order valence-corrected chi connectivity index (χ0v) is 15.1. The average molecular weight is 359 g/mol. The number of amides is 1. The molecule has 3 heterocycles. The minimum atomic E-state index is -0.0349. The first-order chi connectivity index (χ1) is 12.1. The summed E-state index contributed by atoms with van der Waals surface area (Å²) >= 11 is 6.40. The molecule has 0 aliphatic carbocycles. The number of nitrogens with one attached hydrogen (secondary N) is 1. The molecule has 6 heteroatoms. The Morgan fingerprint density at radius 2 is 2.16 bits per heavy atom. The standard InChI is InChI=1S/C19H23ClN4O/c1-23-12-13(9-22-23)15-10-21-11-16(15)19(25)24-8-4-7-18(24)14-5-2-3-6-17(14)20/h2-3,5-6,9,12,15-16,18,21H,4,7-8,10-11H2,1H3/t15-,16+,18?/m1/s1. The number of carbonyl (C=O) groups is 1. The molecule has 5 nitrogen and oxygen atoms in total. The Morgan fingerprint density at radius 3 is 2.92 bits per heavy atom. The number of aryl methyl sites for hydroxylation is 1. The van der Waals surface area contributed by atoms with Gasteiger partial charge >= 0.3 is 0 Å². The minimum Gasteiger partial charge on any atom is -0.335 e. The summed E-state index contributed by atoms with van der Waals surface area (Å²) in [6.45, 7) is 2.36.